The van der Waals surface area contributed by atoms with Gasteiger partial charge in [-0.15, -0.1) is 0 Å². The summed E-state index contributed by atoms with van der Waals surface area (Å²) in [5.74, 6) is 0.0687. The summed E-state index contributed by atoms with van der Waals surface area (Å²) in [6.07, 6.45) is 6.90. The molecule has 0 spiro atoms. The normalized spacial score (nSPS) is 15.0. The Kier molecular flexibility index (Phi) is 4.35. The molecule has 122 valence electrons. The molecule has 9 nitrogen and oxygen atoms in total. The Balaban J connectivity index is 1.72. The maximum Gasteiger partial charge on any atom is 0.490 e. The first kappa shape index (κ1) is 15.2. The zero-order valence-corrected chi connectivity index (χ0v) is 12.5. The number of rotatable bonds is 6. The Bertz CT molecular complexity index is 675. The Morgan fingerprint density at radius 3 is 2.87 bits per heavy atom. The molecule has 0 aromatic carbocycles. The average molecular weight is 319 g/mol. The van der Waals surface area contributed by atoms with E-state index in [-0.39, 0.29) is 18.5 Å². The number of hydrogen-bond donors (Lipinski definition) is 0. The van der Waals surface area contributed by atoms with E-state index >= 15 is 0 Å². The van der Waals surface area contributed by atoms with Crippen LogP contribution < -0.4 is 0 Å². The molecule has 0 bridgehead atoms. The molecule has 0 N–H and O–H groups in total. The lowest BCUT2D eigenvalue weighted by Crippen LogP contribution is -2.40. The number of nitrogens with zero attached hydrogens (tertiary/aromatic N) is 5. The first-order valence-electron chi connectivity index (χ1n) is 7.49. The molecule has 1 aliphatic carbocycles. The van der Waals surface area contributed by atoms with Crippen LogP contribution in [0, 0.1) is 10.1 Å². The van der Waals surface area contributed by atoms with Crippen molar-refractivity contribution in [3.8, 4) is 0 Å². The van der Waals surface area contributed by atoms with Crippen LogP contribution in [0.2, 0.25) is 0 Å². The zero-order valence-electron chi connectivity index (χ0n) is 12.5. The Morgan fingerprint density at radius 1 is 1.48 bits per heavy atom. The van der Waals surface area contributed by atoms with Crippen LogP contribution in [-0.2, 0) is 17.9 Å². The van der Waals surface area contributed by atoms with Crippen LogP contribution in [0.1, 0.15) is 31.4 Å². The van der Waals surface area contributed by atoms with Gasteiger partial charge in [-0.1, -0.05) is 17.8 Å². The van der Waals surface area contributed by atoms with Crippen molar-refractivity contribution in [1.82, 2.24) is 19.7 Å². The Labute approximate surface area is 132 Å². The van der Waals surface area contributed by atoms with E-state index in [1.165, 1.54) is 11.0 Å². The summed E-state index contributed by atoms with van der Waals surface area (Å²) in [7, 11) is 0. The highest BCUT2D eigenvalue weighted by Crippen LogP contribution is 2.25. The molecule has 2 aromatic heterocycles. The minimum absolute atomic E-state index is 0.0714. The van der Waals surface area contributed by atoms with Gasteiger partial charge in [0.15, 0.2) is 0 Å². The van der Waals surface area contributed by atoms with E-state index in [1.54, 1.807) is 17.2 Å². The van der Waals surface area contributed by atoms with Gasteiger partial charge in [0.1, 0.15) is 12.3 Å². The molecular weight excluding hydrogens is 302 g/mol. The van der Waals surface area contributed by atoms with Crippen LogP contribution >= 0.6 is 0 Å². The molecular formula is C14H17N5O4. The number of carbonyl (C=O) groups excluding carboxylic acids is 1. The largest absolute Gasteiger partial charge is 0.490 e. The summed E-state index contributed by atoms with van der Waals surface area (Å²) >= 11 is 0. The zero-order chi connectivity index (χ0) is 16.2. The molecule has 1 fully saturated rings. The van der Waals surface area contributed by atoms with Crippen molar-refractivity contribution in [3.63, 3.8) is 0 Å². The van der Waals surface area contributed by atoms with Crippen LogP contribution in [0.5, 0.6) is 0 Å². The van der Waals surface area contributed by atoms with Gasteiger partial charge < -0.3 is 19.4 Å². The quantitative estimate of drug-likeness (QED) is 0.593. The van der Waals surface area contributed by atoms with Crippen molar-refractivity contribution in [2.45, 2.75) is 44.8 Å². The van der Waals surface area contributed by atoms with Gasteiger partial charge in [0.2, 0.25) is 12.2 Å². The monoisotopic (exact) mass is 319 g/mol. The van der Waals surface area contributed by atoms with Crippen LogP contribution in [0.4, 0.5) is 5.95 Å². The van der Waals surface area contributed by atoms with Crippen molar-refractivity contribution in [1.29, 1.82) is 0 Å². The number of nitro groups is 1. The van der Waals surface area contributed by atoms with Gasteiger partial charge in [-0.3, -0.25) is 4.79 Å². The fourth-order valence-corrected chi connectivity index (χ4v) is 2.88. The van der Waals surface area contributed by atoms with E-state index in [2.05, 4.69) is 10.1 Å². The van der Waals surface area contributed by atoms with Gasteiger partial charge in [-0.2, -0.15) is 4.68 Å². The summed E-state index contributed by atoms with van der Waals surface area (Å²) < 4.78 is 6.54. The van der Waals surface area contributed by atoms with Crippen molar-refractivity contribution < 1.29 is 14.1 Å². The minimum Gasteiger partial charge on any atom is -0.467 e. The second kappa shape index (κ2) is 6.59. The molecule has 23 heavy (non-hydrogen) atoms. The van der Waals surface area contributed by atoms with E-state index < -0.39 is 10.9 Å². The standard InChI is InChI=1S/C14H17N5O4/c20-13(9-17-10-15-14(16-17)19(21)22)18(11-4-1-2-5-11)8-12-6-3-7-23-12/h3,6-7,10-11H,1-2,4-5,8-9H2. The van der Waals surface area contributed by atoms with Crippen molar-refractivity contribution >= 4 is 11.9 Å². The smallest absolute Gasteiger partial charge is 0.467 e. The molecule has 0 unspecified atom stereocenters. The third-order valence-corrected chi connectivity index (χ3v) is 3.98. The average Bonchev–Trinajstić information content (AvgIpc) is 3.26. The second-order valence-corrected chi connectivity index (χ2v) is 5.54. The maximum atomic E-state index is 12.6. The third kappa shape index (κ3) is 3.55. The van der Waals surface area contributed by atoms with E-state index in [4.69, 9.17) is 4.42 Å². The minimum atomic E-state index is -0.682. The molecule has 0 atom stereocenters. The highest BCUT2D eigenvalue weighted by atomic mass is 16.6. The third-order valence-electron chi connectivity index (χ3n) is 3.98. The number of furan rings is 1. The molecule has 1 amide bonds. The summed E-state index contributed by atoms with van der Waals surface area (Å²) in [6.45, 7) is 0.325. The molecule has 1 saturated carbocycles. The molecule has 3 rings (SSSR count). The fraction of sp³-hybridized carbons (Fsp3) is 0.500. The first-order chi connectivity index (χ1) is 11.1. The molecule has 9 heteroatoms. The maximum absolute atomic E-state index is 12.6. The van der Waals surface area contributed by atoms with Gasteiger partial charge in [-0.05, 0) is 29.9 Å². The molecule has 0 radical (unpaired) electrons. The van der Waals surface area contributed by atoms with E-state index in [0.717, 1.165) is 31.4 Å². The summed E-state index contributed by atoms with van der Waals surface area (Å²) in [4.78, 5) is 27.9. The van der Waals surface area contributed by atoms with Crippen LogP contribution in [0.15, 0.2) is 29.1 Å². The summed E-state index contributed by atoms with van der Waals surface area (Å²) in [6, 6.07) is 3.79. The van der Waals surface area contributed by atoms with Crippen molar-refractivity contribution in [2.24, 2.45) is 0 Å². The van der Waals surface area contributed by atoms with Gasteiger partial charge >= 0.3 is 5.95 Å². The van der Waals surface area contributed by atoms with Crippen LogP contribution in [-0.4, -0.2) is 36.5 Å². The topological polar surface area (TPSA) is 107 Å². The second-order valence-electron chi connectivity index (χ2n) is 5.54. The van der Waals surface area contributed by atoms with E-state index in [0.29, 0.717) is 6.54 Å². The Hall–Kier alpha value is -2.71. The first-order valence-corrected chi connectivity index (χ1v) is 7.49. The molecule has 0 aliphatic heterocycles. The number of aromatic nitrogens is 3. The SMILES string of the molecule is O=C(Cn1cnc([N+](=O)[O-])n1)N(Cc1ccco1)C1CCCC1. The summed E-state index contributed by atoms with van der Waals surface area (Å²) in [5, 5.41) is 14.3. The van der Waals surface area contributed by atoms with Crippen LogP contribution in [0.25, 0.3) is 0 Å². The molecule has 2 aromatic rings. The van der Waals surface area contributed by atoms with E-state index in [1.807, 2.05) is 6.07 Å². The van der Waals surface area contributed by atoms with Gasteiger partial charge in [0, 0.05) is 11.1 Å². The molecule has 2 heterocycles. The van der Waals surface area contributed by atoms with Gasteiger partial charge in [0.25, 0.3) is 0 Å². The Morgan fingerprint density at radius 2 is 2.26 bits per heavy atom. The number of carbonyl (C=O) groups is 1. The highest BCUT2D eigenvalue weighted by molar-refractivity contribution is 5.76. The van der Waals surface area contributed by atoms with E-state index in [9.17, 15) is 14.9 Å². The van der Waals surface area contributed by atoms with Crippen LogP contribution in [0.3, 0.4) is 0 Å². The predicted octanol–water partition coefficient (Wildman–Crippen LogP) is 1.75. The van der Waals surface area contributed by atoms with Gasteiger partial charge in [0.05, 0.1) is 12.8 Å². The number of hydrogen-bond acceptors (Lipinski definition) is 6. The van der Waals surface area contributed by atoms with Crippen molar-refractivity contribution in [3.05, 3.63) is 40.6 Å². The lowest BCUT2D eigenvalue weighted by atomic mass is 10.2. The fourth-order valence-electron chi connectivity index (χ4n) is 2.88. The van der Waals surface area contributed by atoms with Gasteiger partial charge in [-0.25, -0.2) is 0 Å². The lowest BCUT2D eigenvalue weighted by Gasteiger charge is -2.27. The lowest BCUT2D eigenvalue weighted by molar-refractivity contribution is -0.394. The number of amides is 1. The highest BCUT2D eigenvalue weighted by Gasteiger charge is 2.28. The molecule has 1 aliphatic rings. The van der Waals surface area contributed by atoms with Crippen molar-refractivity contribution in [2.75, 3.05) is 0 Å². The summed E-state index contributed by atoms with van der Waals surface area (Å²) in [5.41, 5.74) is 0. The predicted molar refractivity (Wildman–Crippen MR) is 78.2 cm³/mol. The molecule has 0 saturated heterocycles.